The summed E-state index contributed by atoms with van der Waals surface area (Å²) < 4.78 is 5.06. The van der Waals surface area contributed by atoms with Crippen LogP contribution in [-0.4, -0.2) is 13.2 Å². The van der Waals surface area contributed by atoms with Gasteiger partial charge >= 0.3 is 0 Å². The fourth-order valence-corrected chi connectivity index (χ4v) is 0.928. The molecule has 1 heterocycles. The second-order valence-electron chi connectivity index (χ2n) is 2.29. The molecule has 0 radical (unpaired) electrons. The van der Waals surface area contributed by atoms with Crippen LogP contribution < -0.4 is 5.32 Å². The van der Waals surface area contributed by atoms with Gasteiger partial charge in [-0.2, -0.15) is 0 Å². The molecular formula is C8H13NO. The third-order valence-electron chi connectivity index (χ3n) is 1.60. The van der Waals surface area contributed by atoms with Crippen molar-refractivity contribution in [3.63, 3.8) is 0 Å². The first kappa shape index (κ1) is 7.19. The minimum absolute atomic E-state index is 0.444. The molecule has 2 heteroatoms. The molecular weight excluding hydrogens is 126 g/mol. The van der Waals surface area contributed by atoms with Crippen molar-refractivity contribution in [3.05, 3.63) is 24.1 Å². The number of hydrogen-bond acceptors (Lipinski definition) is 2. The molecule has 1 aliphatic heterocycles. The van der Waals surface area contributed by atoms with Gasteiger partial charge in [-0.25, -0.2) is 0 Å². The predicted octanol–water partition coefficient (Wildman–Crippen LogP) is 1.41. The van der Waals surface area contributed by atoms with Crippen molar-refractivity contribution in [2.24, 2.45) is 0 Å². The number of nitrogens with one attached hydrogen (secondary N) is 1. The quantitative estimate of drug-likeness (QED) is 0.624. The zero-order chi connectivity index (χ0) is 7.40. The Hall–Kier alpha value is -0.920. The first-order valence-corrected chi connectivity index (χ1v) is 3.55. The van der Waals surface area contributed by atoms with E-state index < -0.39 is 0 Å². The first-order valence-electron chi connectivity index (χ1n) is 3.55. The Morgan fingerprint density at radius 1 is 1.70 bits per heavy atom. The van der Waals surface area contributed by atoms with Gasteiger partial charge in [-0.05, 0) is 18.6 Å². The Morgan fingerprint density at radius 3 is 3.10 bits per heavy atom. The molecule has 0 aromatic rings. The summed E-state index contributed by atoms with van der Waals surface area (Å²) in [6, 6.07) is 0.444. The van der Waals surface area contributed by atoms with E-state index in [0.29, 0.717) is 6.04 Å². The van der Waals surface area contributed by atoms with Gasteiger partial charge in [0.25, 0.3) is 0 Å². The number of hydrogen-bond donors (Lipinski definition) is 1. The maximum absolute atomic E-state index is 5.06. The lowest BCUT2D eigenvalue weighted by atomic mass is 10.1. The van der Waals surface area contributed by atoms with Gasteiger partial charge in [-0.15, -0.1) is 0 Å². The molecule has 0 aromatic carbocycles. The Labute approximate surface area is 61.6 Å². The highest BCUT2D eigenvalue weighted by Gasteiger charge is 2.04. The van der Waals surface area contributed by atoms with Crippen molar-refractivity contribution in [1.29, 1.82) is 0 Å². The molecule has 10 heavy (non-hydrogen) atoms. The maximum Gasteiger partial charge on any atom is 0.118 e. The van der Waals surface area contributed by atoms with Crippen LogP contribution >= 0.6 is 0 Å². The van der Waals surface area contributed by atoms with Gasteiger partial charge in [0.2, 0.25) is 0 Å². The zero-order valence-corrected chi connectivity index (χ0v) is 6.42. The molecule has 0 saturated carbocycles. The lowest BCUT2D eigenvalue weighted by Gasteiger charge is -2.15. The molecule has 0 fully saturated rings. The molecule has 2 nitrogen and oxygen atoms in total. The molecule has 1 atom stereocenters. The summed E-state index contributed by atoms with van der Waals surface area (Å²) in [5, 5.41) is 3.20. The minimum atomic E-state index is 0.444. The molecule has 0 amide bonds. The van der Waals surface area contributed by atoms with E-state index in [0.717, 1.165) is 12.2 Å². The number of allylic oxidation sites excluding steroid dienone is 1. The summed E-state index contributed by atoms with van der Waals surface area (Å²) in [6.07, 6.45) is 7.02. The molecule has 0 aliphatic carbocycles. The fourth-order valence-electron chi connectivity index (χ4n) is 0.928. The fraction of sp³-hybridized carbons (Fsp3) is 0.500. The number of dihydropyridines is 1. The van der Waals surface area contributed by atoms with Crippen LogP contribution in [0.15, 0.2) is 24.1 Å². The van der Waals surface area contributed by atoms with E-state index in [1.54, 1.807) is 7.11 Å². The van der Waals surface area contributed by atoms with E-state index in [1.807, 2.05) is 12.3 Å². The zero-order valence-electron chi connectivity index (χ0n) is 6.42. The van der Waals surface area contributed by atoms with E-state index >= 15 is 0 Å². The Kier molecular flexibility index (Phi) is 2.37. The van der Waals surface area contributed by atoms with E-state index in [2.05, 4.69) is 18.3 Å². The van der Waals surface area contributed by atoms with Gasteiger partial charge in [0.1, 0.15) is 5.76 Å². The van der Waals surface area contributed by atoms with Crippen molar-refractivity contribution in [3.8, 4) is 0 Å². The van der Waals surface area contributed by atoms with Gasteiger partial charge in [0, 0.05) is 12.2 Å². The average Bonchev–Trinajstić information content (AvgIpc) is 2.05. The highest BCUT2D eigenvalue weighted by Crippen LogP contribution is 2.06. The van der Waals surface area contributed by atoms with Crippen LogP contribution in [0.25, 0.3) is 0 Å². The third-order valence-corrected chi connectivity index (χ3v) is 1.60. The SMILES string of the molecule is CCC1C=C(OC)C=CN1. The molecule has 0 bridgehead atoms. The van der Waals surface area contributed by atoms with E-state index in [9.17, 15) is 0 Å². The van der Waals surface area contributed by atoms with E-state index in [4.69, 9.17) is 4.74 Å². The van der Waals surface area contributed by atoms with Crippen molar-refractivity contribution < 1.29 is 4.74 Å². The average molecular weight is 139 g/mol. The molecule has 1 rings (SSSR count). The van der Waals surface area contributed by atoms with Crippen LogP contribution in [0.4, 0.5) is 0 Å². The molecule has 1 aliphatic rings. The Morgan fingerprint density at radius 2 is 2.50 bits per heavy atom. The lowest BCUT2D eigenvalue weighted by molar-refractivity contribution is 0.300. The number of rotatable bonds is 2. The monoisotopic (exact) mass is 139 g/mol. The molecule has 0 spiro atoms. The van der Waals surface area contributed by atoms with Crippen molar-refractivity contribution >= 4 is 0 Å². The summed E-state index contributed by atoms with van der Waals surface area (Å²) in [7, 11) is 1.69. The molecule has 0 saturated heterocycles. The van der Waals surface area contributed by atoms with Gasteiger partial charge in [-0.1, -0.05) is 6.92 Å². The summed E-state index contributed by atoms with van der Waals surface area (Å²) in [6.45, 7) is 2.14. The van der Waals surface area contributed by atoms with Crippen LogP contribution in [0.2, 0.25) is 0 Å². The molecule has 1 unspecified atom stereocenters. The highest BCUT2D eigenvalue weighted by atomic mass is 16.5. The highest BCUT2D eigenvalue weighted by molar-refractivity contribution is 5.18. The Bertz CT molecular complexity index is 161. The normalized spacial score (nSPS) is 23.4. The van der Waals surface area contributed by atoms with Crippen LogP contribution in [0.3, 0.4) is 0 Å². The third kappa shape index (κ3) is 1.53. The molecule has 56 valence electrons. The van der Waals surface area contributed by atoms with Crippen LogP contribution in [0.5, 0.6) is 0 Å². The largest absolute Gasteiger partial charge is 0.497 e. The number of ether oxygens (including phenoxy) is 1. The summed E-state index contributed by atoms with van der Waals surface area (Å²) >= 11 is 0. The smallest absolute Gasteiger partial charge is 0.118 e. The van der Waals surface area contributed by atoms with Gasteiger partial charge < -0.3 is 10.1 Å². The van der Waals surface area contributed by atoms with E-state index in [-0.39, 0.29) is 0 Å². The maximum atomic E-state index is 5.06. The number of methoxy groups -OCH3 is 1. The van der Waals surface area contributed by atoms with Crippen molar-refractivity contribution in [2.45, 2.75) is 19.4 Å². The molecule has 1 N–H and O–H groups in total. The van der Waals surface area contributed by atoms with E-state index in [1.165, 1.54) is 0 Å². The summed E-state index contributed by atoms with van der Waals surface area (Å²) in [5.41, 5.74) is 0. The van der Waals surface area contributed by atoms with Crippen LogP contribution in [0.1, 0.15) is 13.3 Å². The van der Waals surface area contributed by atoms with Crippen molar-refractivity contribution in [1.82, 2.24) is 5.32 Å². The predicted molar refractivity (Wildman–Crippen MR) is 41.4 cm³/mol. The Balaban J connectivity index is 2.56. The van der Waals surface area contributed by atoms with Crippen LogP contribution in [-0.2, 0) is 4.74 Å². The van der Waals surface area contributed by atoms with Crippen LogP contribution in [0, 0.1) is 0 Å². The second-order valence-corrected chi connectivity index (χ2v) is 2.29. The van der Waals surface area contributed by atoms with Gasteiger partial charge in [-0.3, -0.25) is 0 Å². The molecule has 0 aromatic heterocycles. The lowest BCUT2D eigenvalue weighted by Crippen LogP contribution is -2.23. The van der Waals surface area contributed by atoms with Gasteiger partial charge in [0.05, 0.1) is 7.11 Å². The second kappa shape index (κ2) is 3.30. The standard InChI is InChI=1S/C8H13NO/c1-3-7-6-8(10-2)4-5-9-7/h4-7,9H,3H2,1-2H3. The summed E-state index contributed by atoms with van der Waals surface area (Å²) in [4.78, 5) is 0. The topological polar surface area (TPSA) is 21.3 Å². The summed E-state index contributed by atoms with van der Waals surface area (Å²) in [5.74, 6) is 0.950. The van der Waals surface area contributed by atoms with Crippen molar-refractivity contribution in [2.75, 3.05) is 7.11 Å². The first-order chi connectivity index (χ1) is 4.86. The minimum Gasteiger partial charge on any atom is -0.497 e. The van der Waals surface area contributed by atoms with Gasteiger partial charge in [0.15, 0.2) is 0 Å².